The summed E-state index contributed by atoms with van der Waals surface area (Å²) < 4.78 is 10.4. The molecule has 0 bridgehead atoms. The molecule has 0 unspecified atom stereocenters. The van der Waals surface area contributed by atoms with Crippen LogP contribution in [0.1, 0.15) is 61.3 Å². The van der Waals surface area contributed by atoms with E-state index in [9.17, 15) is 4.79 Å². The topological polar surface area (TPSA) is 39.4 Å². The molecule has 3 heteroatoms. The third-order valence-electron chi connectivity index (χ3n) is 3.73. The van der Waals surface area contributed by atoms with Gasteiger partial charge in [-0.3, -0.25) is 4.79 Å². The number of rotatable bonds is 6. The van der Waals surface area contributed by atoms with Crippen LogP contribution in [0.3, 0.4) is 0 Å². The van der Waals surface area contributed by atoms with Gasteiger partial charge in [0.1, 0.15) is 12.4 Å². The molecule has 1 heterocycles. The lowest BCUT2D eigenvalue weighted by Crippen LogP contribution is -2.08. The number of hydrogen-bond acceptors (Lipinski definition) is 3. The largest absolute Gasteiger partial charge is 0.456 e. The van der Waals surface area contributed by atoms with Gasteiger partial charge in [0, 0.05) is 13.5 Å². The van der Waals surface area contributed by atoms with Crippen LogP contribution in [0.2, 0.25) is 0 Å². The summed E-state index contributed by atoms with van der Waals surface area (Å²) in [5, 5.41) is 0. The zero-order chi connectivity index (χ0) is 12.8. The second-order valence-electron chi connectivity index (χ2n) is 5.16. The van der Waals surface area contributed by atoms with Crippen molar-refractivity contribution in [3.05, 3.63) is 23.7 Å². The van der Waals surface area contributed by atoms with Crippen LogP contribution in [0.15, 0.2) is 16.5 Å². The van der Waals surface area contributed by atoms with E-state index in [0.29, 0.717) is 18.8 Å². The Labute approximate surface area is 109 Å². The summed E-state index contributed by atoms with van der Waals surface area (Å²) in [4.78, 5) is 12.0. The number of Topliss-reactive ketones (excluding diaryl/α,β-unsaturated/α-hetero) is 1. The van der Waals surface area contributed by atoms with E-state index in [1.807, 2.05) is 6.07 Å². The van der Waals surface area contributed by atoms with Crippen molar-refractivity contribution in [1.82, 2.24) is 0 Å². The van der Waals surface area contributed by atoms with Gasteiger partial charge >= 0.3 is 0 Å². The molecule has 0 saturated heterocycles. The quantitative estimate of drug-likeness (QED) is 0.717. The van der Waals surface area contributed by atoms with Crippen molar-refractivity contribution in [3.8, 4) is 0 Å². The van der Waals surface area contributed by atoms with Crippen LogP contribution in [0, 0.1) is 5.92 Å². The van der Waals surface area contributed by atoms with E-state index in [1.165, 1.54) is 32.1 Å². The van der Waals surface area contributed by atoms with Gasteiger partial charge in [0.2, 0.25) is 0 Å². The van der Waals surface area contributed by atoms with E-state index in [4.69, 9.17) is 9.15 Å². The fourth-order valence-electron chi connectivity index (χ4n) is 2.68. The molecule has 1 fully saturated rings. The minimum atomic E-state index is 0.128. The standard InChI is InChI=1S/C15H22O3/c1-17-11-13-8-10-15(18-13)14(16)9-7-12-5-3-2-4-6-12/h8,10,12H,2-7,9,11H2,1H3. The Kier molecular flexibility index (Phi) is 5.00. The molecular weight excluding hydrogens is 228 g/mol. The number of ketones is 1. The SMILES string of the molecule is COCc1ccc(C(=O)CCC2CCCCC2)o1. The van der Waals surface area contributed by atoms with Gasteiger partial charge in [-0.2, -0.15) is 0 Å². The van der Waals surface area contributed by atoms with Crippen molar-refractivity contribution in [1.29, 1.82) is 0 Å². The number of hydrogen-bond donors (Lipinski definition) is 0. The molecule has 0 aliphatic heterocycles. The van der Waals surface area contributed by atoms with Crippen molar-refractivity contribution in [2.45, 2.75) is 51.6 Å². The first-order valence-electron chi connectivity index (χ1n) is 6.90. The first-order chi connectivity index (χ1) is 8.79. The summed E-state index contributed by atoms with van der Waals surface area (Å²) in [5.41, 5.74) is 0. The number of furan rings is 1. The summed E-state index contributed by atoms with van der Waals surface area (Å²) in [6, 6.07) is 3.58. The third-order valence-corrected chi connectivity index (χ3v) is 3.73. The Morgan fingerprint density at radius 2 is 2.11 bits per heavy atom. The summed E-state index contributed by atoms with van der Waals surface area (Å²) in [6.07, 6.45) is 8.24. The van der Waals surface area contributed by atoms with Crippen LogP contribution in [-0.4, -0.2) is 12.9 Å². The highest BCUT2D eigenvalue weighted by Crippen LogP contribution is 2.27. The second kappa shape index (κ2) is 6.74. The second-order valence-corrected chi connectivity index (χ2v) is 5.16. The smallest absolute Gasteiger partial charge is 0.198 e. The Bertz CT molecular complexity index is 375. The molecule has 1 aliphatic carbocycles. The minimum Gasteiger partial charge on any atom is -0.456 e. The Hall–Kier alpha value is -1.09. The molecule has 1 aliphatic rings. The molecule has 0 N–H and O–H groups in total. The van der Waals surface area contributed by atoms with Crippen molar-refractivity contribution in [3.63, 3.8) is 0 Å². The molecule has 18 heavy (non-hydrogen) atoms. The van der Waals surface area contributed by atoms with E-state index in [2.05, 4.69) is 0 Å². The Morgan fingerprint density at radius 3 is 2.83 bits per heavy atom. The predicted molar refractivity (Wildman–Crippen MR) is 69.6 cm³/mol. The van der Waals surface area contributed by atoms with Crippen LogP contribution in [0.4, 0.5) is 0 Å². The van der Waals surface area contributed by atoms with Crippen LogP contribution >= 0.6 is 0 Å². The maximum atomic E-state index is 12.0. The van der Waals surface area contributed by atoms with Gasteiger partial charge in [-0.15, -0.1) is 0 Å². The predicted octanol–water partition coefficient (Wildman–Crippen LogP) is 3.97. The van der Waals surface area contributed by atoms with Crippen LogP contribution in [0.5, 0.6) is 0 Å². The lowest BCUT2D eigenvalue weighted by molar-refractivity contribution is 0.0934. The van der Waals surface area contributed by atoms with Crippen LogP contribution in [-0.2, 0) is 11.3 Å². The molecular formula is C15H22O3. The van der Waals surface area contributed by atoms with Gasteiger partial charge in [0.05, 0.1) is 0 Å². The highest BCUT2D eigenvalue weighted by molar-refractivity contribution is 5.93. The monoisotopic (exact) mass is 250 g/mol. The number of methoxy groups -OCH3 is 1. The average molecular weight is 250 g/mol. The molecule has 0 amide bonds. The molecule has 2 rings (SSSR count). The molecule has 3 nitrogen and oxygen atoms in total. The van der Waals surface area contributed by atoms with Crippen molar-refractivity contribution >= 4 is 5.78 Å². The maximum absolute atomic E-state index is 12.0. The highest BCUT2D eigenvalue weighted by atomic mass is 16.5. The summed E-state index contributed by atoms with van der Waals surface area (Å²) >= 11 is 0. The summed E-state index contributed by atoms with van der Waals surface area (Å²) in [6.45, 7) is 0.426. The molecule has 0 spiro atoms. The normalized spacial score (nSPS) is 16.9. The lowest BCUT2D eigenvalue weighted by atomic mass is 9.85. The first kappa shape index (κ1) is 13.3. The van der Waals surface area contributed by atoms with E-state index in [-0.39, 0.29) is 5.78 Å². The third kappa shape index (κ3) is 3.70. The van der Waals surface area contributed by atoms with Crippen molar-refractivity contribution in [2.24, 2.45) is 5.92 Å². The molecule has 100 valence electrons. The molecule has 0 aromatic carbocycles. The number of carbonyl (C=O) groups excluding carboxylic acids is 1. The van der Waals surface area contributed by atoms with E-state index >= 15 is 0 Å². The fourth-order valence-corrected chi connectivity index (χ4v) is 2.68. The highest BCUT2D eigenvalue weighted by Gasteiger charge is 2.17. The molecule has 0 atom stereocenters. The van der Waals surface area contributed by atoms with Gasteiger partial charge in [-0.25, -0.2) is 0 Å². The van der Waals surface area contributed by atoms with Crippen LogP contribution < -0.4 is 0 Å². The van der Waals surface area contributed by atoms with Gasteiger partial charge in [-0.1, -0.05) is 32.1 Å². The average Bonchev–Trinajstić information content (AvgIpc) is 2.86. The first-order valence-corrected chi connectivity index (χ1v) is 6.90. The van der Waals surface area contributed by atoms with Gasteiger partial charge in [0.15, 0.2) is 11.5 Å². The molecule has 0 radical (unpaired) electrons. The van der Waals surface area contributed by atoms with Crippen molar-refractivity contribution < 1.29 is 13.9 Å². The van der Waals surface area contributed by atoms with Gasteiger partial charge < -0.3 is 9.15 Å². The lowest BCUT2D eigenvalue weighted by Gasteiger charge is -2.20. The molecule has 1 saturated carbocycles. The van der Waals surface area contributed by atoms with E-state index < -0.39 is 0 Å². The minimum absolute atomic E-state index is 0.128. The Morgan fingerprint density at radius 1 is 1.33 bits per heavy atom. The van der Waals surface area contributed by atoms with Gasteiger partial charge in [-0.05, 0) is 24.5 Å². The molecule has 1 aromatic rings. The fraction of sp³-hybridized carbons (Fsp3) is 0.667. The zero-order valence-corrected chi connectivity index (χ0v) is 11.1. The van der Waals surface area contributed by atoms with E-state index in [1.54, 1.807) is 13.2 Å². The van der Waals surface area contributed by atoms with E-state index in [0.717, 1.165) is 18.1 Å². The number of ether oxygens (including phenoxy) is 1. The van der Waals surface area contributed by atoms with Crippen LogP contribution in [0.25, 0.3) is 0 Å². The molecule has 1 aromatic heterocycles. The van der Waals surface area contributed by atoms with Crippen molar-refractivity contribution in [2.75, 3.05) is 7.11 Å². The zero-order valence-electron chi connectivity index (χ0n) is 11.1. The summed E-state index contributed by atoms with van der Waals surface area (Å²) in [5.74, 6) is 2.08. The number of carbonyl (C=O) groups is 1. The Balaban J connectivity index is 1.79. The summed E-state index contributed by atoms with van der Waals surface area (Å²) in [7, 11) is 1.62. The van der Waals surface area contributed by atoms with Gasteiger partial charge in [0.25, 0.3) is 0 Å². The maximum Gasteiger partial charge on any atom is 0.198 e.